The maximum absolute atomic E-state index is 11.4. The van der Waals surface area contributed by atoms with E-state index in [1.807, 2.05) is 0 Å². The van der Waals surface area contributed by atoms with Crippen LogP contribution < -0.4 is 0 Å². The topological polar surface area (TPSA) is 29.5 Å². The highest BCUT2D eigenvalue weighted by Crippen LogP contribution is 1.81. The molecule has 3 nitrogen and oxygen atoms in total. The predicted octanol–water partition coefficient (Wildman–Crippen LogP) is 0.281. The Bertz CT molecular complexity index is 58.9. The second kappa shape index (κ2) is 3.55. The molecule has 0 aromatic carbocycles. The van der Waals surface area contributed by atoms with Crippen molar-refractivity contribution in [1.29, 1.82) is 0 Å². The van der Waals surface area contributed by atoms with Gasteiger partial charge in [-0.05, 0) is 12.2 Å². The fourth-order valence-corrected chi connectivity index (χ4v) is 0.154. The fourth-order valence-electron chi connectivity index (χ4n) is 0.154. The third-order valence-electron chi connectivity index (χ3n) is 0.335. The van der Waals surface area contributed by atoms with Gasteiger partial charge in [-0.1, -0.05) is 4.48 Å². The molecule has 0 saturated heterocycles. The van der Waals surface area contributed by atoms with Gasteiger partial charge in [0.05, 0.1) is 6.61 Å². The van der Waals surface area contributed by atoms with Crippen LogP contribution in [0.5, 0.6) is 0 Å². The molecule has 4 heteroatoms. The highest BCUT2D eigenvalue weighted by molar-refractivity contribution is 5.42. The minimum atomic E-state index is -0.375. The van der Waals surface area contributed by atoms with Crippen LogP contribution in [0.1, 0.15) is 6.92 Å². The molecule has 0 aromatic rings. The number of amides is 1. The zero-order valence-electron chi connectivity index (χ0n) is 3.93. The molecule has 0 unspecified atom stereocenters. The number of nitrogens with zero attached hydrogens (tertiary/aromatic N) is 1. The van der Waals surface area contributed by atoms with Crippen LogP contribution in [0.25, 0.3) is 0 Å². The molecule has 0 heterocycles. The Morgan fingerprint density at radius 3 is 2.71 bits per heavy atom. The summed E-state index contributed by atoms with van der Waals surface area (Å²) in [6.07, 6.45) is -0.0521. The predicted molar refractivity (Wildman–Crippen MR) is 20.6 cm³/mol. The number of hydrogen-bond acceptors (Lipinski definition) is 2. The number of rotatable bonds is 3. The quantitative estimate of drug-likeness (QED) is 0.294. The van der Waals surface area contributed by atoms with Crippen LogP contribution in [0.3, 0.4) is 0 Å². The summed E-state index contributed by atoms with van der Waals surface area (Å²) in [5.74, 6) is 0. The lowest BCUT2D eigenvalue weighted by Crippen LogP contribution is -2.10. The van der Waals surface area contributed by atoms with Gasteiger partial charge in [0.25, 0.3) is 6.41 Å². The van der Waals surface area contributed by atoms with E-state index in [1.54, 1.807) is 6.92 Å². The van der Waals surface area contributed by atoms with E-state index in [4.69, 9.17) is 0 Å². The molecular weight excluding hydrogens is 101 g/mol. The van der Waals surface area contributed by atoms with Gasteiger partial charge in [-0.3, -0.25) is 4.79 Å². The average Bonchev–Trinajstić information content (AvgIpc) is 1.68. The molecule has 0 radical (unpaired) electrons. The maximum atomic E-state index is 11.4. The van der Waals surface area contributed by atoms with Crippen molar-refractivity contribution in [2.75, 3.05) is 6.61 Å². The average molecular weight is 107 g/mol. The minimum absolute atomic E-state index is 0.0521. The molecule has 0 fully saturated rings. The molecule has 0 aromatic heterocycles. The van der Waals surface area contributed by atoms with E-state index in [-0.39, 0.29) is 18.3 Å². The second-order valence-corrected chi connectivity index (χ2v) is 0.795. The van der Waals surface area contributed by atoms with Crippen LogP contribution in [0.15, 0.2) is 0 Å². The summed E-state index contributed by atoms with van der Waals surface area (Å²) in [4.78, 5) is 13.3. The Balaban J connectivity index is 2.98. The van der Waals surface area contributed by atoms with Gasteiger partial charge in [0.15, 0.2) is 0 Å². The number of hydroxylamine groups is 1. The van der Waals surface area contributed by atoms with Gasteiger partial charge < -0.3 is 0 Å². The molecule has 42 valence electrons. The lowest BCUT2D eigenvalue weighted by Gasteiger charge is -1.99. The number of halogens is 1. The number of carbonyl (C=O) groups excluding carboxylic acids is 1. The van der Waals surface area contributed by atoms with E-state index in [9.17, 15) is 9.28 Å². The molecular formula is C3H6FNO2. The Hall–Kier alpha value is -0.640. The van der Waals surface area contributed by atoms with Gasteiger partial charge in [0.1, 0.15) is 0 Å². The van der Waals surface area contributed by atoms with E-state index in [1.165, 1.54) is 0 Å². The highest BCUT2D eigenvalue weighted by Gasteiger charge is 1.90. The summed E-state index contributed by atoms with van der Waals surface area (Å²) < 4.78 is 11.4. The molecule has 0 aliphatic carbocycles. The van der Waals surface area contributed by atoms with Crippen molar-refractivity contribution in [2.45, 2.75) is 6.92 Å². The standard InChI is InChI=1S/C3H6FNO2/c1-2-7-5(4)3-6/h3H,2H2,1H3. The zero-order valence-corrected chi connectivity index (χ0v) is 3.93. The van der Waals surface area contributed by atoms with Crippen LogP contribution in [0, 0.1) is 0 Å². The molecule has 0 N–H and O–H groups in total. The monoisotopic (exact) mass is 107 g/mol. The first-order chi connectivity index (χ1) is 3.31. The molecule has 1 amide bonds. The zero-order chi connectivity index (χ0) is 5.70. The fraction of sp³-hybridized carbons (Fsp3) is 0.667. The molecule has 7 heavy (non-hydrogen) atoms. The van der Waals surface area contributed by atoms with Crippen LogP contribution in [-0.2, 0) is 9.63 Å². The van der Waals surface area contributed by atoms with Crippen molar-refractivity contribution in [2.24, 2.45) is 0 Å². The van der Waals surface area contributed by atoms with E-state index >= 15 is 0 Å². The third kappa shape index (κ3) is 3.18. The molecule has 0 rings (SSSR count). The molecule has 0 saturated carbocycles. The third-order valence-corrected chi connectivity index (χ3v) is 0.335. The Labute approximate surface area is 40.6 Å². The van der Waals surface area contributed by atoms with Gasteiger partial charge in [0.2, 0.25) is 0 Å². The Kier molecular flexibility index (Phi) is 3.22. The Morgan fingerprint density at radius 1 is 2.00 bits per heavy atom. The van der Waals surface area contributed by atoms with E-state index in [0.717, 1.165) is 0 Å². The van der Waals surface area contributed by atoms with Gasteiger partial charge in [0, 0.05) is 0 Å². The lowest BCUT2D eigenvalue weighted by atomic mass is 10.9. The molecule has 0 aliphatic heterocycles. The van der Waals surface area contributed by atoms with Gasteiger partial charge in [-0.15, -0.1) is 0 Å². The Morgan fingerprint density at radius 2 is 2.57 bits per heavy atom. The summed E-state index contributed by atoms with van der Waals surface area (Å²) >= 11 is 0. The smallest absolute Gasteiger partial charge is 0.266 e. The second-order valence-electron chi connectivity index (χ2n) is 0.795. The number of hydrogen-bond donors (Lipinski definition) is 0. The summed E-state index contributed by atoms with van der Waals surface area (Å²) in [6.45, 7) is 1.74. The van der Waals surface area contributed by atoms with Crippen molar-refractivity contribution in [3.05, 3.63) is 0 Å². The van der Waals surface area contributed by atoms with Crippen LogP contribution >= 0.6 is 0 Å². The summed E-state index contributed by atoms with van der Waals surface area (Å²) in [5.41, 5.74) is 0. The largest absolute Gasteiger partial charge is 0.273 e. The first-order valence-corrected chi connectivity index (χ1v) is 1.84. The first kappa shape index (κ1) is 6.36. The van der Waals surface area contributed by atoms with Crippen molar-refractivity contribution in [3.8, 4) is 0 Å². The summed E-state index contributed by atoms with van der Waals surface area (Å²) in [5, 5.41) is -0.375. The van der Waals surface area contributed by atoms with Crippen LogP contribution in [-0.4, -0.2) is 18.3 Å². The molecule has 0 atom stereocenters. The van der Waals surface area contributed by atoms with Gasteiger partial charge in [-0.2, -0.15) is 0 Å². The molecule has 0 bridgehead atoms. The summed E-state index contributed by atoms with van der Waals surface area (Å²) in [7, 11) is 0. The molecule has 0 aliphatic rings. The summed E-state index contributed by atoms with van der Waals surface area (Å²) in [6, 6.07) is 0. The van der Waals surface area contributed by atoms with E-state index < -0.39 is 0 Å². The van der Waals surface area contributed by atoms with Gasteiger partial charge in [-0.25, -0.2) is 4.84 Å². The van der Waals surface area contributed by atoms with E-state index in [2.05, 4.69) is 4.84 Å². The first-order valence-electron chi connectivity index (χ1n) is 1.84. The van der Waals surface area contributed by atoms with Gasteiger partial charge >= 0.3 is 0 Å². The normalized spacial score (nSPS) is 8.29. The van der Waals surface area contributed by atoms with E-state index in [0.29, 0.717) is 0 Å². The van der Waals surface area contributed by atoms with Crippen molar-refractivity contribution >= 4 is 6.41 Å². The SMILES string of the molecule is CCON(F)C=O. The van der Waals surface area contributed by atoms with Crippen molar-refractivity contribution in [3.63, 3.8) is 0 Å². The van der Waals surface area contributed by atoms with Crippen LogP contribution in [0.2, 0.25) is 0 Å². The lowest BCUT2D eigenvalue weighted by molar-refractivity contribution is -0.250. The number of carbonyl (C=O) groups is 1. The maximum Gasteiger partial charge on any atom is 0.266 e. The van der Waals surface area contributed by atoms with Crippen molar-refractivity contribution < 1.29 is 14.1 Å². The minimum Gasteiger partial charge on any atom is -0.273 e. The van der Waals surface area contributed by atoms with Crippen molar-refractivity contribution in [1.82, 2.24) is 5.29 Å². The molecule has 0 spiro atoms. The highest BCUT2D eigenvalue weighted by atomic mass is 19.2. The van der Waals surface area contributed by atoms with Crippen LogP contribution in [0.4, 0.5) is 4.48 Å².